The van der Waals surface area contributed by atoms with Crippen molar-refractivity contribution in [2.24, 2.45) is 0 Å². The van der Waals surface area contributed by atoms with Crippen LogP contribution < -0.4 is 9.47 Å². The van der Waals surface area contributed by atoms with Gasteiger partial charge in [0.25, 0.3) is 0 Å². The van der Waals surface area contributed by atoms with Crippen molar-refractivity contribution in [2.45, 2.75) is 27.7 Å². The molecule has 518 valence electrons. The van der Waals surface area contributed by atoms with Crippen LogP contribution >= 0.6 is 0 Å². The predicted octanol–water partition coefficient (Wildman–Crippen LogP) is 27.0. The highest BCUT2D eigenvalue weighted by molar-refractivity contribution is 6.11. The van der Waals surface area contributed by atoms with Gasteiger partial charge >= 0.3 is 0 Å². The van der Waals surface area contributed by atoms with Crippen LogP contribution in [0.15, 0.2) is 364 Å². The molecule has 0 saturated heterocycles. The molecule has 1 aliphatic heterocycles. The van der Waals surface area contributed by atoms with Crippen LogP contribution in [-0.2, 0) is 0 Å². The summed E-state index contributed by atoms with van der Waals surface area (Å²) in [6.45, 7) is 8.61. The molecule has 0 bridgehead atoms. The fraction of sp³-hybridized carbons (Fsp3) is 0.0485. The van der Waals surface area contributed by atoms with Gasteiger partial charge in [-0.15, -0.1) is 0 Å². The molecule has 0 unspecified atom stereocenters. The molecule has 0 fully saturated rings. The molecule has 0 amide bonds. The van der Waals surface area contributed by atoms with Crippen LogP contribution in [-0.4, -0.2) is 25.9 Å². The van der Waals surface area contributed by atoms with Crippen molar-refractivity contribution in [2.75, 3.05) is 6.79 Å². The Morgan fingerprint density at radius 2 is 0.477 bits per heavy atom. The second kappa shape index (κ2) is 27.8. The maximum Gasteiger partial charge on any atom is 0.230 e. The van der Waals surface area contributed by atoms with Crippen LogP contribution in [0.1, 0.15) is 22.3 Å². The number of imidazole rings is 2. The molecule has 0 N–H and O–H groups in total. The molecule has 2 aromatic heterocycles. The van der Waals surface area contributed by atoms with Crippen LogP contribution in [0.3, 0.4) is 0 Å². The third-order valence-electron chi connectivity index (χ3n) is 21.6. The highest BCUT2D eigenvalue weighted by atomic mass is 16.7. The number of hydrogen-bond donors (Lipinski definition) is 0. The number of rotatable bonds is 14. The van der Waals surface area contributed by atoms with E-state index in [1.54, 1.807) is 0 Å². The van der Waals surface area contributed by atoms with Crippen LogP contribution in [0.25, 0.3) is 179 Å². The summed E-state index contributed by atoms with van der Waals surface area (Å²) in [5.74, 6) is 3.28. The minimum absolute atomic E-state index is 0.101. The van der Waals surface area contributed by atoms with Gasteiger partial charge in [-0.2, -0.15) is 0 Å². The number of nitrogens with zero attached hydrogens (tertiary/aromatic N) is 4. The van der Waals surface area contributed by atoms with E-state index in [-0.39, 0.29) is 6.79 Å². The third kappa shape index (κ3) is 12.5. The van der Waals surface area contributed by atoms with Crippen molar-refractivity contribution < 1.29 is 9.47 Å². The number of para-hydroxylation sites is 2. The lowest BCUT2D eigenvalue weighted by molar-refractivity contribution is 0.125. The molecule has 19 rings (SSSR count). The Morgan fingerprint density at radius 1 is 0.229 bits per heavy atom. The summed E-state index contributed by atoms with van der Waals surface area (Å²) in [5, 5.41) is 4.36. The number of ether oxygens (including phenoxy) is 2. The van der Waals surface area contributed by atoms with Gasteiger partial charge < -0.3 is 9.47 Å². The summed E-state index contributed by atoms with van der Waals surface area (Å²) in [5.41, 5.74) is 32.9. The van der Waals surface area contributed by atoms with Gasteiger partial charge in [0.05, 0.1) is 22.8 Å². The fourth-order valence-electron chi connectivity index (χ4n) is 15.6. The molecule has 109 heavy (non-hydrogen) atoms. The highest BCUT2D eigenvalue weighted by Gasteiger charge is 2.27. The first-order valence-electron chi connectivity index (χ1n) is 37.3. The molecule has 1 aliphatic rings. The second-order valence-electron chi connectivity index (χ2n) is 28.7. The lowest BCUT2D eigenvalue weighted by atomic mass is 9.90. The lowest BCUT2D eigenvalue weighted by Gasteiger charge is -2.16. The van der Waals surface area contributed by atoms with Crippen LogP contribution in [0.2, 0.25) is 0 Å². The monoisotopic (exact) mass is 1400 g/mol. The quantitative estimate of drug-likeness (QED) is 0.109. The van der Waals surface area contributed by atoms with Gasteiger partial charge in [0, 0.05) is 55.9 Å². The predicted molar refractivity (Wildman–Crippen MR) is 451 cm³/mol. The number of hydrogen-bond acceptors (Lipinski definition) is 4. The van der Waals surface area contributed by atoms with E-state index in [9.17, 15) is 0 Å². The first-order chi connectivity index (χ1) is 53.6. The van der Waals surface area contributed by atoms with Crippen LogP contribution in [0.4, 0.5) is 0 Å². The zero-order chi connectivity index (χ0) is 73.1. The van der Waals surface area contributed by atoms with E-state index in [1.807, 2.05) is 0 Å². The summed E-state index contributed by atoms with van der Waals surface area (Å²) in [4.78, 5) is 11.3. The molecule has 6 nitrogen and oxygen atoms in total. The van der Waals surface area contributed by atoms with Crippen LogP contribution in [0, 0.1) is 27.7 Å². The van der Waals surface area contributed by atoms with Gasteiger partial charge in [-0.3, -0.25) is 9.13 Å². The van der Waals surface area contributed by atoms with Crippen molar-refractivity contribution in [1.29, 1.82) is 0 Å². The molecule has 0 aliphatic carbocycles. The molecular weight excluding hydrogens is 1330 g/mol. The zero-order valence-corrected chi connectivity index (χ0v) is 61.0. The first-order valence-corrected chi connectivity index (χ1v) is 37.3. The van der Waals surface area contributed by atoms with E-state index < -0.39 is 0 Å². The van der Waals surface area contributed by atoms with Gasteiger partial charge in [0.2, 0.25) is 6.79 Å². The van der Waals surface area contributed by atoms with Crippen molar-refractivity contribution in [1.82, 2.24) is 19.1 Å². The Kier molecular flexibility index (Phi) is 16.8. The van der Waals surface area contributed by atoms with Crippen molar-refractivity contribution in [3.8, 4) is 169 Å². The number of aryl methyl sites for hydroxylation is 4. The number of fused-ring (bicyclic) bond motifs is 7. The van der Waals surface area contributed by atoms with Gasteiger partial charge in [0.15, 0.2) is 0 Å². The average Bonchev–Trinajstić information content (AvgIpc) is 1.71. The fourth-order valence-corrected chi connectivity index (χ4v) is 15.6. The normalized spacial score (nSPS) is 11.8. The van der Waals surface area contributed by atoms with Crippen molar-refractivity contribution in [3.05, 3.63) is 386 Å². The smallest absolute Gasteiger partial charge is 0.230 e. The Hall–Kier alpha value is -13.9. The maximum atomic E-state index is 6.47. The summed E-state index contributed by atoms with van der Waals surface area (Å²) < 4.78 is 17.6. The van der Waals surface area contributed by atoms with E-state index >= 15 is 0 Å². The maximum absolute atomic E-state index is 6.47. The standard InChI is InChI=1S/C103H74N4O2/c1-66-15-23-70(24-16-66)74-31-43-80(44-32-74)98-100(82-47-35-76(36-48-82)72-27-19-68(3)20-28-72)106(90-11-7-5-8-12-90)102(104-98)84-51-39-78(40-52-84)86-55-59-92-88(63-86)57-61-94-96(92)97-93-60-56-87(64-89(93)58-62-95(97)109-65-108-94)79-41-53-85(54-42-79)103-105-99(81-45-33-75(34-46-81)71-25-17-67(2)18-26-71)101(107(103)91-13-9-6-10-14-91)83-49-37-77(38-50-83)73-29-21-69(4)22-30-73/h5-64H,65H2,1-4H3. The van der Waals surface area contributed by atoms with Gasteiger partial charge in [-0.1, -0.05) is 338 Å². The lowest BCUT2D eigenvalue weighted by Crippen LogP contribution is -2.03. The van der Waals surface area contributed by atoms with Gasteiger partial charge in [-0.05, 0) is 165 Å². The Bertz CT molecular complexity index is 6010. The minimum atomic E-state index is 0.101. The first kappa shape index (κ1) is 65.8. The molecule has 16 aromatic carbocycles. The topological polar surface area (TPSA) is 54.1 Å². The minimum Gasteiger partial charge on any atom is -0.457 e. The largest absolute Gasteiger partial charge is 0.457 e. The third-order valence-corrected chi connectivity index (χ3v) is 21.6. The summed E-state index contributed by atoms with van der Waals surface area (Å²) in [6, 6.07) is 132. The molecule has 6 heteroatoms. The van der Waals surface area contributed by atoms with E-state index in [2.05, 4.69) is 401 Å². The van der Waals surface area contributed by atoms with Crippen LogP contribution in [0.5, 0.6) is 11.5 Å². The molecule has 3 heterocycles. The number of benzene rings is 16. The Morgan fingerprint density at radius 3 is 0.780 bits per heavy atom. The Labute approximate surface area is 635 Å². The van der Waals surface area contributed by atoms with E-state index in [1.165, 1.54) is 44.5 Å². The summed E-state index contributed by atoms with van der Waals surface area (Å²) in [7, 11) is 0. The van der Waals surface area contributed by atoms with Crippen molar-refractivity contribution in [3.63, 3.8) is 0 Å². The van der Waals surface area contributed by atoms with Crippen molar-refractivity contribution >= 4 is 21.5 Å². The zero-order valence-electron chi connectivity index (χ0n) is 61.0. The highest BCUT2D eigenvalue weighted by Crippen LogP contribution is 2.50. The molecule has 18 aromatic rings. The van der Waals surface area contributed by atoms with E-state index in [4.69, 9.17) is 19.4 Å². The van der Waals surface area contributed by atoms with E-state index in [0.717, 1.165) is 168 Å². The molecule has 0 spiro atoms. The Balaban J connectivity index is 0.656. The van der Waals surface area contributed by atoms with Gasteiger partial charge in [0.1, 0.15) is 23.1 Å². The summed E-state index contributed by atoms with van der Waals surface area (Å²) in [6.07, 6.45) is 0. The molecular formula is C103H74N4O2. The molecule has 0 radical (unpaired) electrons. The van der Waals surface area contributed by atoms with E-state index in [0.29, 0.717) is 0 Å². The molecule has 0 saturated carbocycles. The number of aromatic nitrogens is 4. The average molecular weight is 1400 g/mol. The molecule has 0 atom stereocenters. The SMILES string of the molecule is Cc1ccc(-c2ccc(-c3nc(-c4ccc(-c5ccc6c7c(ccc6c5)OCOc5ccc6cc(-c8ccc(-c9nc(-c%10ccc(-c%11ccc(C)cc%11)cc%10)c(-c%10ccc(-c%11ccc(C)cc%11)cc%10)n9-c9ccccc9)cc8)ccc6c5-7)cc4)n(-c4ccccc4)c3-c3ccc(-c4ccc(C)cc4)cc3)cc2)cc1. The summed E-state index contributed by atoms with van der Waals surface area (Å²) >= 11 is 0. The van der Waals surface area contributed by atoms with Gasteiger partial charge in [-0.25, -0.2) is 9.97 Å². The second-order valence-corrected chi connectivity index (χ2v) is 28.7.